The SMILES string of the molecule is O=C(O)c1cc(O)c(O)c(O)c1.[BiH3]. The molecule has 0 fully saturated rings. The van der Waals surface area contributed by atoms with E-state index in [0.717, 1.165) is 12.1 Å². The summed E-state index contributed by atoms with van der Waals surface area (Å²) >= 11 is 0. The fraction of sp³-hybridized carbons (Fsp3) is 0. The first-order chi connectivity index (χ1) is 5.52. The third-order valence-electron chi connectivity index (χ3n) is 1.32. The third kappa shape index (κ3) is 2.45. The topological polar surface area (TPSA) is 98.0 Å². The number of phenols is 3. The van der Waals surface area contributed by atoms with Crippen LogP contribution >= 0.6 is 0 Å². The molecule has 6 heteroatoms. The summed E-state index contributed by atoms with van der Waals surface area (Å²) in [6.07, 6.45) is 0. The molecule has 0 aromatic heterocycles. The van der Waals surface area contributed by atoms with E-state index in [1.807, 2.05) is 0 Å². The minimum atomic E-state index is -1.29. The van der Waals surface area contributed by atoms with Gasteiger partial charge in [0.05, 0.1) is 5.56 Å². The summed E-state index contributed by atoms with van der Waals surface area (Å²) < 4.78 is 0. The zero-order valence-electron chi connectivity index (χ0n) is 6.56. The number of phenolic OH excluding ortho intramolecular Hbond substituents is 3. The van der Waals surface area contributed by atoms with Crippen LogP contribution in [0.1, 0.15) is 10.4 Å². The van der Waals surface area contributed by atoms with Gasteiger partial charge < -0.3 is 20.4 Å². The fourth-order valence-electron chi connectivity index (χ4n) is 0.728. The Kier molecular flexibility index (Phi) is 3.94. The number of aromatic hydroxyl groups is 3. The first-order valence-corrected chi connectivity index (χ1v) is 3.00. The Morgan fingerprint density at radius 1 is 1.08 bits per heavy atom. The first-order valence-electron chi connectivity index (χ1n) is 3.00. The number of hydrogen-bond acceptors (Lipinski definition) is 4. The maximum atomic E-state index is 10.3. The van der Waals surface area contributed by atoms with Crippen molar-refractivity contribution < 1.29 is 25.2 Å². The molecule has 0 aliphatic heterocycles. The molecule has 0 radical (unpaired) electrons. The van der Waals surface area contributed by atoms with E-state index in [4.69, 9.17) is 20.4 Å². The van der Waals surface area contributed by atoms with E-state index < -0.39 is 23.2 Å². The molecule has 0 atom stereocenters. The van der Waals surface area contributed by atoms with Crippen molar-refractivity contribution >= 4 is 32.2 Å². The van der Waals surface area contributed by atoms with Gasteiger partial charge in [-0.15, -0.1) is 0 Å². The molecule has 5 nitrogen and oxygen atoms in total. The molecule has 1 rings (SSSR count). The molecule has 0 aliphatic rings. The Morgan fingerprint density at radius 3 is 1.77 bits per heavy atom. The molecule has 4 N–H and O–H groups in total. The number of carbonyl (C=O) groups is 1. The Balaban J connectivity index is 0.00000144. The second-order valence-corrected chi connectivity index (χ2v) is 2.17. The van der Waals surface area contributed by atoms with Crippen molar-refractivity contribution in [3.05, 3.63) is 17.7 Å². The number of rotatable bonds is 1. The molecule has 0 amide bonds. The van der Waals surface area contributed by atoms with E-state index in [9.17, 15) is 4.79 Å². The van der Waals surface area contributed by atoms with Crippen molar-refractivity contribution in [3.8, 4) is 17.2 Å². The molecule has 0 unspecified atom stereocenters. The van der Waals surface area contributed by atoms with Gasteiger partial charge in [0.25, 0.3) is 0 Å². The normalized spacial score (nSPS) is 8.92. The number of aromatic carboxylic acids is 1. The van der Waals surface area contributed by atoms with Crippen LogP contribution in [0.4, 0.5) is 0 Å². The van der Waals surface area contributed by atoms with E-state index in [1.165, 1.54) is 0 Å². The van der Waals surface area contributed by atoms with Crippen LogP contribution in [0.2, 0.25) is 0 Å². The van der Waals surface area contributed by atoms with Gasteiger partial charge >= 0.3 is 32.2 Å². The third-order valence-corrected chi connectivity index (χ3v) is 1.32. The van der Waals surface area contributed by atoms with Crippen LogP contribution in [0.3, 0.4) is 0 Å². The first kappa shape index (κ1) is 12.0. The maximum absolute atomic E-state index is 10.3. The second-order valence-electron chi connectivity index (χ2n) is 2.17. The van der Waals surface area contributed by atoms with E-state index in [0.29, 0.717) is 0 Å². The summed E-state index contributed by atoms with van der Waals surface area (Å²) in [5, 5.41) is 35.0. The molecule has 13 heavy (non-hydrogen) atoms. The quantitative estimate of drug-likeness (QED) is 0.381. The number of carboxylic acids is 1. The summed E-state index contributed by atoms with van der Waals surface area (Å²) in [5.74, 6) is -3.33. The Labute approximate surface area is 92.4 Å². The van der Waals surface area contributed by atoms with E-state index in [-0.39, 0.29) is 31.8 Å². The Hall–Kier alpha value is -1.03. The van der Waals surface area contributed by atoms with E-state index in [1.54, 1.807) is 0 Å². The van der Waals surface area contributed by atoms with Crippen LogP contribution in [0.5, 0.6) is 17.2 Å². The zero-order valence-corrected chi connectivity index (χ0v) is 12.1. The van der Waals surface area contributed by atoms with Crippen LogP contribution in [0, 0.1) is 0 Å². The van der Waals surface area contributed by atoms with Crippen LogP contribution in [-0.4, -0.2) is 52.6 Å². The van der Waals surface area contributed by atoms with Gasteiger partial charge in [0.15, 0.2) is 17.2 Å². The van der Waals surface area contributed by atoms with Crippen molar-refractivity contribution in [2.45, 2.75) is 0 Å². The molecular weight excluding hydrogens is 373 g/mol. The van der Waals surface area contributed by atoms with Crippen molar-refractivity contribution in [2.75, 3.05) is 0 Å². The molecule has 0 saturated carbocycles. The molecule has 1 aromatic rings. The van der Waals surface area contributed by atoms with Crippen molar-refractivity contribution in [1.82, 2.24) is 0 Å². The summed E-state index contributed by atoms with van der Waals surface area (Å²) in [7, 11) is 0. The van der Waals surface area contributed by atoms with Gasteiger partial charge in [0.2, 0.25) is 0 Å². The van der Waals surface area contributed by atoms with Crippen molar-refractivity contribution in [3.63, 3.8) is 0 Å². The van der Waals surface area contributed by atoms with Gasteiger partial charge in [-0.25, -0.2) is 4.79 Å². The van der Waals surface area contributed by atoms with Crippen molar-refractivity contribution in [2.24, 2.45) is 0 Å². The number of hydrogen-bond donors (Lipinski definition) is 4. The van der Waals surface area contributed by atoms with Crippen molar-refractivity contribution in [1.29, 1.82) is 0 Å². The molecule has 72 valence electrons. The molecular formula is C7H9BiO5. The number of benzene rings is 1. The zero-order chi connectivity index (χ0) is 9.30. The molecule has 0 heterocycles. The second kappa shape index (κ2) is 4.28. The average Bonchev–Trinajstić information content (AvgIpc) is 1.99. The molecule has 0 spiro atoms. The minimum absolute atomic E-state index is 0. The van der Waals surface area contributed by atoms with Gasteiger partial charge in [-0.3, -0.25) is 0 Å². The predicted octanol–water partition coefficient (Wildman–Crippen LogP) is -0.682. The molecule has 0 bridgehead atoms. The average molecular weight is 382 g/mol. The standard InChI is InChI=1S/C7H6O5.Bi.3H/c8-4-1-3(7(11)12)2-5(9)6(4)10;;;;/h1-2,8-10H,(H,11,12);;;;. The monoisotopic (exact) mass is 382 g/mol. The van der Waals surface area contributed by atoms with E-state index >= 15 is 0 Å². The van der Waals surface area contributed by atoms with Crippen LogP contribution in [0.25, 0.3) is 0 Å². The summed E-state index contributed by atoms with van der Waals surface area (Å²) in [6, 6.07) is 1.69. The fourth-order valence-corrected chi connectivity index (χ4v) is 0.728. The van der Waals surface area contributed by atoms with Gasteiger partial charge in [-0.05, 0) is 12.1 Å². The predicted molar refractivity (Wildman–Crippen MR) is 48.3 cm³/mol. The summed E-state index contributed by atoms with van der Waals surface area (Å²) in [6.45, 7) is 0. The van der Waals surface area contributed by atoms with Gasteiger partial charge in [0, 0.05) is 0 Å². The number of carboxylic acid groups (broad SMARTS) is 1. The van der Waals surface area contributed by atoms with E-state index in [2.05, 4.69) is 0 Å². The van der Waals surface area contributed by atoms with Crippen LogP contribution in [-0.2, 0) is 0 Å². The van der Waals surface area contributed by atoms with Gasteiger partial charge in [-0.2, -0.15) is 0 Å². The molecule has 1 aromatic carbocycles. The van der Waals surface area contributed by atoms with Gasteiger partial charge in [0.1, 0.15) is 0 Å². The van der Waals surface area contributed by atoms with Crippen LogP contribution < -0.4 is 0 Å². The molecule has 0 aliphatic carbocycles. The Morgan fingerprint density at radius 2 is 1.46 bits per heavy atom. The molecule has 0 saturated heterocycles. The Bertz CT molecular complexity index is 313. The van der Waals surface area contributed by atoms with Gasteiger partial charge in [-0.1, -0.05) is 0 Å². The van der Waals surface area contributed by atoms with Crippen LogP contribution in [0.15, 0.2) is 12.1 Å². The summed E-state index contributed by atoms with van der Waals surface area (Å²) in [4.78, 5) is 10.3. The summed E-state index contributed by atoms with van der Waals surface area (Å²) in [5.41, 5.74) is -0.289.